The normalized spacial score (nSPS) is 12.3. The largest absolute Gasteiger partial charge is 0.480 e. The van der Waals surface area contributed by atoms with Crippen LogP contribution in [-0.4, -0.2) is 35.4 Å². The quantitative estimate of drug-likeness (QED) is 0.536. The summed E-state index contributed by atoms with van der Waals surface area (Å²) in [5, 5.41) is 8.82. The molecule has 0 fully saturated rings. The van der Waals surface area contributed by atoms with E-state index in [4.69, 9.17) is 0 Å². The molecule has 0 aliphatic heterocycles. The van der Waals surface area contributed by atoms with Crippen LogP contribution in [-0.2, 0) is 18.9 Å². The summed E-state index contributed by atoms with van der Waals surface area (Å²) in [6.07, 6.45) is 0. The fourth-order valence-corrected chi connectivity index (χ4v) is 3.55. The van der Waals surface area contributed by atoms with Crippen molar-refractivity contribution in [2.45, 2.75) is 24.1 Å². The maximum atomic E-state index is 12.7. The molecule has 27 heavy (non-hydrogen) atoms. The number of carboxylic acid groups (broad SMARTS) is 1. The van der Waals surface area contributed by atoms with Crippen LogP contribution in [0.15, 0.2) is 38.9 Å². The molecule has 1 atom stereocenters. The first kappa shape index (κ1) is 18.8. The van der Waals surface area contributed by atoms with Crippen LogP contribution >= 0.6 is 11.8 Å². The molecule has 0 amide bonds. The summed E-state index contributed by atoms with van der Waals surface area (Å²) in [7, 11) is 2.89. The van der Waals surface area contributed by atoms with Crippen LogP contribution in [0.2, 0.25) is 0 Å². The lowest BCUT2D eigenvalue weighted by Crippen LogP contribution is -2.37. The van der Waals surface area contributed by atoms with Crippen LogP contribution in [0.4, 0.5) is 0 Å². The Labute approximate surface area is 158 Å². The molecular formula is C18H18N4O4S. The van der Waals surface area contributed by atoms with E-state index in [2.05, 4.69) is 9.97 Å². The summed E-state index contributed by atoms with van der Waals surface area (Å²) in [6, 6.07) is 7.46. The number of carbonyl (C=O) groups is 1. The molecule has 1 aromatic carbocycles. The van der Waals surface area contributed by atoms with E-state index in [-0.39, 0.29) is 16.1 Å². The van der Waals surface area contributed by atoms with Gasteiger partial charge in [0.25, 0.3) is 5.56 Å². The summed E-state index contributed by atoms with van der Waals surface area (Å²) in [5.41, 5.74) is 0.787. The van der Waals surface area contributed by atoms with Crippen LogP contribution in [0.25, 0.3) is 22.4 Å². The first-order valence-corrected chi connectivity index (χ1v) is 9.03. The lowest BCUT2D eigenvalue weighted by molar-refractivity contribution is -0.136. The average Bonchev–Trinajstić information content (AvgIpc) is 2.64. The Morgan fingerprint density at radius 1 is 1.15 bits per heavy atom. The fraction of sp³-hybridized carbons (Fsp3) is 0.278. The smallest absolute Gasteiger partial charge is 0.332 e. The lowest BCUT2D eigenvalue weighted by Gasteiger charge is -2.14. The zero-order valence-corrected chi connectivity index (χ0v) is 16.1. The Balaban J connectivity index is 2.42. The number of aromatic nitrogens is 4. The van der Waals surface area contributed by atoms with Gasteiger partial charge in [-0.25, -0.2) is 14.8 Å². The second-order valence-electron chi connectivity index (χ2n) is 6.17. The Kier molecular flexibility index (Phi) is 4.88. The standard InChI is InChI=1S/C18H18N4O4S/c1-9-7-5-6-8-11(9)13-19-14-12(15(20-13)27-10(2)17(24)25)16(23)22(4)18(26)21(14)3/h5-8,10H,1-4H3,(H,24,25)/t10-/m1/s1. The third-order valence-corrected chi connectivity index (χ3v) is 5.36. The van der Waals surface area contributed by atoms with Gasteiger partial charge in [-0.15, -0.1) is 0 Å². The molecule has 0 aliphatic carbocycles. The van der Waals surface area contributed by atoms with Crippen molar-refractivity contribution in [3.8, 4) is 11.4 Å². The highest BCUT2D eigenvalue weighted by atomic mass is 32.2. The van der Waals surface area contributed by atoms with Gasteiger partial charge in [-0.1, -0.05) is 36.0 Å². The van der Waals surface area contributed by atoms with E-state index in [1.165, 1.54) is 25.6 Å². The summed E-state index contributed by atoms with van der Waals surface area (Å²) < 4.78 is 2.24. The topological polar surface area (TPSA) is 107 Å². The van der Waals surface area contributed by atoms with E-state index in [0.29, 0.717) is 5.82 Å². The van der Waals surface area contributed by atoms with Gasteiger partial charge in [0, 0.05) is 19.7 Å². The van der Waals surface area contributed by atoms with Gasteiger partial charge in [0.05, 0.1) is 0 Å². The summed E-state index contributed by atoms with van der Waals surface area (Å²) in [4.78, 5) is 45.3. The highest BCUT2D eigenvalue weighted by molar-refractivity contribution is 8.00. The number of hydrogen-bond acceptors (Lipinski definition) is 6. The number of thioether (sulfide) groups is 1. The number of benzene rings is 1. The molecule has 0 saturated carbocycles. The predicted octanol–water partition coefficient (Wildman–Crippen LogP) is 1.57. The molecule has 0 spiro atoms. The van der Waals surface area contributed by atoms with Crippen molar-refractivity contribution < 1.29 is 9.90 Å². The SMILES string of the molecule is Cc1ccccc1-c1nc(S[C@H](C)C(=O)O)c2c(=O)n(C)c(=O)n(C)c2n1. The van der Waals surface area contributed by atoms with Crippen LogP contribution in [0.1, 0.15) is 12.5 Å². The maximum Gasteiger partial charge on any atom is 0.332 e. The second kappa shape index (κ2) is 6.99. The molecular weight excluding hydrogens is 368 g/mol. The first-order valence-electron chi connectivity index (χ1n) is 8.15. The molecule has 0 aliphatic rings. The minimum Gasteiger partial charge on any atom is -0.480 e. The van der Waals surface area contributed by atoms with Crippen molar-refractivity contribution in [2.24, 2.45) is 14.1 Å². The molecule has 2 heterocycles. The van der Waals surface area contributed by atoms with Gasteiger partial charge < -0.3 is 5.11 Å². The molecule has 140 valence electrons. The van der Waals surface area contributed by atoms with Crippen molar-refractivity contribution in [3.63, 3.8) is 0 Å². The molecule has 0 saturated heterocycles. The highest BCUT2D eigenvalue weighted by Gasteiger charge is 2.22. The molecule has 8 nitrogen and oxygen atoms in total. The molecule has 0 bridgehead atoms. The van der Waals surface area contributed by atoms with Crippen LogP contribution in [0.5, 0.6) is 0 Å². The van der Waals surface area contributed by atoms with E-state index in [1.807, 2.05) is 31.2 Å². The number of aryl methyl sites for hydroxylation is 2. The zero-order chi connectivity index (χ0) is 19.9. The monoisotopic (exact) mass is 386 g/mol. The van der Waals surface area contributed by atoms with Gasteiger partial charge in [0.1, 0.15) is 15.7 Å². The number of fused-ring (bicyclic) bond motifs is 1. The number of hydrogen-bond donors (Lipinski definition) is 1. The van der Waals surface area contributed by atoms with Crippen molar-refractivity contribution in [1.82, 2.24) is 19.1 Å². The van der Waals surface area contributed by atoms with Crippen LogP contribution < -0.4 is 11.2 Å². The Hall–Kier alpha value is -2.94. The van der Waals surface area contributed by atoms with E-state index in [9.17, 15) is 19.5 Å². The minimum atomic E-state index is -1.02. The van der Waals surface area contributed by atoms with E-state index < -0.39 is 22.5 Å². The zero-order valence-electron chi connectivity index (χ0n) is 15.3. The fourth-order valence-electron chi connectivity index (χ4n) is 2.68. The average molecular weight is 386 g/mol. The van der Waals surface area contributed by atoms with Crippen molar-refractivity contribution in [1.29, 1.82) is 0 Å². The van der Waals surface area contributed by atoms with Crippen molar-refractivity contribution in [3.05, 3.63) is 50.7 Å². The molecule has 3 aromatic rings. The minimum absolute atomic E-state index is 0.134. The number of nitrogens with zero attached hydrogens (tertiary/aromatic N) is 4. The second-order valence-corrected chi connectivity index (χ2v) is 7.50. The van der Waals surface area contributed by atoms with Crippen molar-refractivity contribution in [2.75, 3.05) is 0 Å². The van der Waals surface area contributed by atoms with E-state index in [1.54, 1.807) is 0 Å². The van der Waals surface area contributed by atoms with E-state index >= 15 is 0 Å². The highest BCUT2D eigenvalue weighted by Crippen LogP contribution is 2.29. The molecule has 0 radical (unpaired) electrons. The Bertz CT molecular complexity index is 1180. The summed E-state index contributed by atoms with van der Waals surface area (Å²) in [6.45, 7) is 3.42. The lowest BCUT2D eigenvalue weighted by atomic mass is 10.1. The van der Waals surface area contributed by atoms with E-state index in [0.717, 1.165) is 27.5 Å². The molecule has 0 unspecified atom stereocenters. The Morgan fingerprint density at radius 3 is 2.44 bits per heavy atom. The summed E-state index contributed by atoms with van der Waals surface area (Å²) >= 11 is 0.954. The van der Waals surface area contributed by atoms with Crippen molar-refractivity contribution >= 4 is 28.8 Å². The van der Waals surface area contributed by atoms with Gasteiger partial charge in [0.15, 0.2) is 11.5 Å². The van der Waals surface area contributed by atoms with Gasteiger partial charge in [-0.3, -0.25) is 18.7 Å². The van der Waals surface area contributed by atoms with Crippen LogP contribution in [0.3, 0.4) is 0 Å². The molecule has 1 N–H and O–H groups in total. The molecule has 3 rings (SSSR count). The van der Waals surface area contributed by atoms with Gasteiger partial charge in [-0.05, 0) is 19.4 Å². The van der Waals surface area contributed by atoms with Gasteiger partial charge in [-0.2, -0.15) is 0 Å². The maximum absolute atomic E-state index is 12.7. The van der Waals surface area contributed by atoms with Gasteiger partial charge in [0.2, 0.25) is 0 Å². The summed E-state index contributed by atoms with van der Waals surface area (Å²) in [5.74, 6) is -0.685. The number of carboxylic acids is 1. The third-order valence-electron chi connectivity index (χ3n) is 4.29. The van der Waals surface area contributed by atoms with Gasteiger partial charge >= 0.3 is 11.7 Å². The third kappa shape index (κ3) is 3.25. The Morgan fingerprint density at radius 2 is 1.81 bits per heavy atom. The number of rotatable bonds is 4. The predicted molar refractivity (Wildman–Crippen MR) is 103 cm³/mol. The van der Waals surface area contributed by atoms with Crippen LogP contribution in [0, 0.1) is 6.92 Å². The first-order chi connectivity index (χ1) is 12.7. The molecule has 2 aromatic heterocycles. The number of aliphatic carboxylic acids is 1. The molecule has 9 heteroatoms.